The van der Waals surface area contributed by atoms with E-state index in [0.717, 1.165) is 43.0 Å². The van der Waals surface area contributed by atoms with Gasteiger partial charge in [0.15, 0.2) is 5.37 Å². The third kappa shape index (κ3) is 25.2. The Bertz CT molecular complexity index is 4200. The van der Waals surface area contributed by atoms with E-state index >= 15 is 33.6 Å². The van der Waals surface area contributed by atoms with E-state index in [4.69, 9.17) is 17.2 Å². The molecule has 0 aliphatic carbocycles. The number of carbonyl (C=O) groups is 12. The summed E-state index contributed by atoms with van der Waals surface area (Å²) in [7, 11) is 1.98. The average Bonchev–Trinajstić information content (AvgIpc) is 1.59. The maximum atomic E-state index is 15.2. The number of para-hydroxylation sites is 2. The lowest BCUT2D eigenvalue weighted by Gasteiger charge is -2.30. The molecule has 11 atom stereocenters. The highest BCUT2D eigenvalue weighted by molar-refractivity contribution is 8.76. The zero-order chi connectivity index (χ0) is 79.1. The van der Waals surface area contributed by atoms with E-state index in [2.05, 4.69) is 88.4 Å². The number of unbranched alkanes of at least 4 members (excludes halogenated alkanes) is 3. The van der Waals surface area contributed by atoms with Gasteiger partial charge in [0, 0.05) is 78.8 Å². The van der Waals surface area contributed by atoms with Crippen molar-refractivity contribution in [1.29, 1.82) is 0 Å². The van der Waals surface area contributed by atoms with Gasteiger partial charge >= 0.3 is 6.03 Å². The average molecular weight is 1550 g/mol. The number of H-pyrrole nitrogens is 4. The second-order valence-electron chi connectivity index (χ2n) is 27.1. The number of amides is 13. The number of hydrogen-bond donors (Lipinski definition) is 18. The summed E-state index contributed by atoms with van der Waals surface area (Å²) in [5, 5.41) is 30.4. The van der Waals surface area contributed by atoms with E-state index in [-0.39, 0.29) is 96.1 Å². The molecule has 1 aliphatic rings. The molecule has 8 rings (SSSR count). The van der Waals surface area contributed by atoms with Crippen molar-refractivity contribution in [3.63, 3.8) is 0 Å². The Kier molecular flexibility index (Phi) is 33.6. The molecule has 7 aromatic rings. The van der Waals surface area contributed by atoms with Gasteiger partial charge in [-0.05, 0) is 146 Å². The zero-order valence-corrected chi connectivity index (χ0v) is 63.9. The molecule has 4 aromatic heterocycles. The fraction of sp³-hybridized carbons (Fsp3) is 0.467. The van der Waals surface area contributed by atoms with E-state index in [1.807, 2.05) is 42.5 Å². The Labute approximate surface area is 645 Å². The highest BCUT2D eigenvalue weighted by atomic mass is 33.1. The van der Waals surface area contributed by atoms with Crippen LogP contribution in [0.4, 0.5) is 4.79 Å². The molecule has 592 valence electrons. The van der Waals surface area contributed by atoms with E-state index in [1.54, 1.807) is 62.0 Å². The first kappa shape index (κ1) is 85.0. The summed E-state index contributed by atoms with van der Waals surface area (Å²) < 4.78 is 0. The molecule has 1 aliphatic heterocycles. The number of nitrogens with two attached hydrogens (primary N) is 3. The van der Waals surface area contributed by atoms with Crippen molar-refractivity contribution in [1.82, 2.24) is 93.3 Å². The van der Waals surface area contributed by atoms with Crippen molar-refractivity contribution in [3.8, 4) is 0 Å². The molecular weight excluding hydrogens is 1450 g/mol. The molecule has 110 heavy (non-hydrogen) atoms. The minimum atomic E-state index is -1.57. The Morgan fingerprint density at radius 2 is 0.800 bits per heavy atom. The van der Waals surface area contributed by atoms with Gasteiger partial charge in [0.25, 0.3) is 5.91 Å². The number of benzene rings is 3. The van der Waals surface area contributed by atoms with Crippen LogP contribution >= 0.6 is 21.6 Å². The van der Waals surface area contributed by atoms with Gasteiger partial charge in [-0.3, -0.25) is 57.6 Å². The topological polar surface area (TPSA) is 507 Å². The van der Waals surface area contributed by atoms with Gasteiger partial charge < -0.3 is 95.6 Å². The Morgan fingerprint density at radius 1 is 0.409 bits per heavy atom. The van der Waals surface area contributed by atoms with E-state index in [0.29, 0.717) is 66.2 Å². The highest BCUT2D eigenvalue weighted by Crippen LogP contribution is 2.26. The lowest BCUT2D eigenvalue weighted by atomic mass is 10.0. The number of urea groups is 1. The number of hydrogen-bond acceptors (Lipinski definition) is 19. The first-order valence-electron chi connectivity index (χ1n) is 37.2. The number of carbonyl (C=O) groups excluding carboxylic acids is 12. The van der Waals surface area contributed by atoms with E-state index < -0.39 is 137 Å². The monoisotopic (exact) mass is 1550 g/mol. The molecule has 1 unspecified atom stereocenters. The zero-order valence-electron chi connectivity index (χ0n) is 62.3. The summed E-state index contributed by atoms with van der Waals surface area (Å²) in [4.78, 5) is 200. The first-order chi connectivity index (χ1) is 53.1. The van der Waals surface area contributed by atoms with Crippen molar-refractivity contribution in [2.45, 2.75) is 189 Å². The molecule has 0 radical (unpaired) electrons. The molecule has 33 nitrogen and oxygen atoms in total. The predicted molar refractivity (Wildman–Crippen MR) is 418 cm³/mol. The van der Waals surface area contributed by atoms with Crippen LogP contribution in [-0.4, -0.2) is 204 Å². The molecule has 0 bridgehead atoms. The molecule has 0 saturated carbocycles. The molecule has 21 N–H and O–H groups in total. The molecule has 5 heterocycles. The summed E-state index contributed by atoms with van der Waals surface area (Å²) in [6, 6.07) is 8.13. The largest absolute Gasteiger partial charge is 0.361 e. The third-order valence-corrected chi connectivity index (χ3v) is 20.6. The van der Waals surface area contributed by atoms with Gasteiger partial charge in [0.05, 0.1) is 24.0 Å². The molecule has 0 spiro atoms. The molecule has 35 heteroatoms. The molecule has 1 fully saturated rings. The van der Waals surface area contributed by atoms with Crippen molar-refractivity contribution < 1.29 is 57.5 Å². The van der Waals surface area contributed by atoms with Crippen LogP contribution in [0, 0.1) is 0 Å². The number of rotatable bonds is 27. The Hall–Kier alpha value is -10.6. The Balaban J connectivity index is 1.19. The number of imidazole rings is 2. The third-order valence-electron chi connectivity index (χ3n) is 18.7. The second-order valence-corrected chi connectivity index (χ2v) is 29.6. The number of nitrogens with zero attached hydrogens (tertiary/aromatic N) is 3. The van der Waals surface area contributed by atoms with Gasteiger partial charge in [0.1, 0.15) is 60.4 Å². The SMILES string of the molecule is CCCN1C(=O)N[C@@H](Cc2c[nH]cn2)C(=O)N[C@H](Cc2ccccc2)C(=O)N[C@@H](Cc2c[nH]cn2)C(=O)N[C@@H](CCc2c[nH]c3ccccc23)C(=O)N[C@@H](C)C(=O)N[C@@H](C)C(=O)N[C@@H](CCCCN)C(=O)N[C@@H](CCCCN)C(=O)N[C@@H](CCCCN)C(=O)N[C@@H](Cc2c[nH]c3ccccc23)C(=O)NC(SSC)C1=O. The number of nitrogens with one attached hydrogen (secondary N) is 15. The summed E-state index contributed by atoms with van der Waals surface area (Å²) >= 11 is 0. The highest BCUT2D eigenvalue weighted by Gasteiger charge is 2.39. The van der Waals surface area contributed by atoms with Gasteiger partial charge in [-0.25, -0.2) is 14.8 Å². The van der Waals surface area contributed by atoms with E-state index in [1.165, 1.54) is 38.9 Å². The number of imide groups is 1. The lowest BCUT2D eigenvalue weighted by Crippen LogP contribution is -2.61. The van der Waals surface area contributed by atoms with Crippen molar-refractivity contribution in [2.75, 3.05) is 32.4 Å². The molecule has 13 amide bonds. The summed E-state index contributed by atoms with van der Waals surface area (Å²) in [5.41, 5.74) is 21.8. The van der Waals surface area contributed by atoms with Gasteiger partial charge in [-0.15, -0.1) is 0 Å². The summed E-state index contributed by atoms with van der Waals surface area (Å²) in [5.74, 6) is -9.33. The number of aromatic nitrogens is 6. The number of fused-ring (bicyclic) bond motifs is 2. The fourth-order valence-corrected chi connectivity index (χ4v) is 14.2. The van der Waals surface area contributed by atoms with Crippen LogP contribution in [0.5, 0.6) is 0 Å². The lowest BCUT2D eigenvalue weighted by molar-refractivity contribution is -0.136. The quantitative estimate of drug-likeness (QED) is 0.0257. The number of aromatic amines is 4. The van der Waals surface area contributed by atoms with Crippen LogP contribution in [-0.2, 0) is 84.8 Å². The number of aryl methyl sites for hydroxylation is 1. The van der Waals surface area contributed by atoms with Crippen molar-refractivity contribution >= 4 is 114 Å². The molecule has 3 aromatic carbocycles. The fourth-order valence-electron chi connectivity index (χ4n) is 12.7. The maximum absolute atomic E-state index is 15.2. The first-order valence-corrected chi connectivity index (χ1v) is 39.8. The predicted octanol–water partition coefficient (Wildman–Crippen LogP) is 1.57. The molecular formula is C75H103N21O12S2. The normalized spacial score (nSPS) is 22.8. The van der Waals surface area contributed by atoms with Crippen LogP contribution in [0.1, 0.15) is 119 Å². The van der Waals surface area contributed by atoms with Crippen LogP contribution in [0.2, 0.25) is 0 Å². The summed E-state index contributed by atoms with van der Waals surface area (Å²) in [6.07, 6.45) is 12.6. The summed E-state index contributed by atoms with van der Waals surface area (Å²) in [6.45, 7) is 4.91. The minimum absolute atomic E-state index is 0.00389. The van der Waals surface area contributed by atoms with Crippen molar-refractivity contribution in [2.24, 2.45) is 17.2 Å². The smallest absolute Gasteiger partial charge is 0.324 e. The van der Waals surface area contributed by atoms with Gasteiger partial charge in [-0.1, -0.05) is 95.2 Å². The van der Waals surface area contributed by atoms with E-state index in [9.17, 15) is 24.0 Å². The minimum Gasteiger partial charge on any atom is -0.361 e. The second kappa shape index (κ2) is 43.5. The standard InChI is InChI=1S/C75H103N21O12S2/c1-5-33-96-74(107)73(110-109-4)95-72(106)60(35-48-39-82-54-24-12-10-22-52(48)54)92-68(102)57(27-15-18-32-78)89-67(101)56(26-14-17-31-77)88-66(100)55(25-13-16-30-76)87-64(98)45(3)85-63(97)44(2)86-65(99)58(29-28-47-38-81-53-23-11-9-21-51(47)53)90-70(104)61(36-49-40-79-42-83-49)93-69(103)59(34-46-19-7-6-8-20-46)91-71(105)62(94-75(96)108)37-50-41-80-43-84-50/h6-12,19-24,38-45,55-62,73,81-82H,5,13-18,25-37,76-78H2,1-4H3,(H,79,83)(H,80,84)(H,85,97)(H,86,99)(H,87,98)(H,88,100)(H,89,101)(H,90,104)(H,91,105)(H,92,102)(H,93,103)(H,94,108)(H,95,106)/t44-,45-,55-,56-,57-,58-,59+,60-,61-,62-,73?/m0/s1. The van der Waals surface area contributed by atoms with Gasteiger partial charge in [0.2, 0.25) is 59.1 Å². The Morgan fingerprint density at radius 3 is 1.28 bits per heavy atom. The maximum Gasteiger partial charge on any atom is 0.324 e. The van der Waals surface area contributed by atoms with Gasteiger partial charge in [-0.2, -0.15) is 0 Å². The van der Waals surface area contributed by atoms with Crippen LogP contribution in [0.15, 0.2) is 116 Å². The van der Waals surface area contributed by atoms with Crippen molar-refractivity contribution in [3.05, 3.63) is 144 Å². The molecule has 1 saturated heterocycles. The van der Waals surface area contributed by atoms with Crippen LogP contribution < -0.4 is 75.7 Å². The van der Waals surface area contributed by atoms with Crippen LogP contribution in [0.3, 0.4) is 0 Å². The van der Waals surface area contributed by atoms with Crippen LogP contribution in [0.25, 0.3) is 21.8 Å².